The summed E-state index contributed by atoms with van der Waals surface area (Å²) in [5.41, 5.74) is -1.53. The first-order valence-electron chi connectivity index (χ1n) is 41.8. The predicted octanol–water partition coefficient (Wildman–Crippen LogP) is 6.03. The Balaban J connectivity index is 0.000000190. The highest BCUT2D eigenvalue weighted by Crippen LogP contribution is 2.50. The van der Waals surface area contributed by atoms with Crippen LogP contribution in [0.2, 0.25) is 0 Å². The minimum atomic E-state index is -1.25. The van der Waals surface area contributed by atoms with Gasteiger partial charge in [0, 0.05) is 73.7 Å². The van der Waals surface area contributed by atoms with Gasteiger partial charge < -0.3 is 130 Å². The van der Waals surface area contributed by atoms with Crippen LogP contribution in [0.15, 0.2) is 148 Å². The minimum absolute atomic E-state index is 0.0877. The maximum atomic E-state index is 11.3. The summed E-state index contributed by atoms with van der Waals surface area (Å²) in [6.45, 7) is 43.9. The molecule has 0 saturated carbocycles. The molecule has 0 aromatic rings. The van der Waals surface area contributed by atoms with Crippen molar-refractivity contribution in [2.24, 2.45) is 0 Å². The van der Waals surface area contributed by atoms with Gasteiger partial charge in [-0.05, 0) is 162 Å². The molecule has 2 bridgehead atoms. The third-order valence-electron chi connectivity index (χ3n) is 22.7. The third-order valence-corrected chi connectivity index (χ3v) is 35.6. The number of nitrogens with zero attached hydrogens (tertiary/aromatic N) is 6. The number of alkyl halides is 4. The number of carbonyl (C=O) groups excluding carboxylic acids is 6. The lowest BCUT2D eigenvalue weighted by molar-refractivity contribution is -0.182. The van der Waals surface area contributed by atoms with E-state index in [1.165, 1.54) is 47.6 Å². The Hall–Kier alpha value is -4.03. The van der Waals surface area contributed by atoms with Crippen molar-refractivity contribution >= 4 is 187 Å². The number of hydrogen-bond donors (Lipinski definition) is 13. The van der Waals surface area contributed by atoms with Gasteiger partial charge in [-0.2, -0.15) is 0 Å². The van der Waals surface area contributed by atoms with Crippen LogP contribution >= 0.6 is 114 Å². The molecule has 6 unspecified atom stereocenters. The Labute approximate surface area is 796 Å². The molecule has 7 saturated heterocycles. The molecule has 13 aliphatic rings. The zero-order valence-corrected chi connectivity index (χ0v) is 87.6. The predicted molar refractivity (Wildman–Crippen MR) is 547 cm³/mol. The molecule has 0 aromatic heterocycles. The molecular weight excluding hydrogens is 2080 g/mol. The van der Waals surface area contributed by atoms with E-state index in [1.807, 2.05) is 0 Å². The van der Waals surface area contributed by atoms with E-state index < -0.39 is 125 Å². The second-order valence-electron chi connectivity index (χ2n) is 38.1. The van der Waals surface area contributed by atoms with Crippen molar-refractivity contribution in [1.29, 1.82) is 0 Å². The van der Waals surface area contributed by atoms with E-state index in [0.717, 1.165) is 69.1 Å². The van der Waals surface area contributed by atoms with Crippen molar-refractivity contribution in [3.05, 3.63) is 148 Å². The van der Waals surface area contributed by atoms with Crippen molar-refractivity contribution in [3.8, 4) is 0 Å². The SMILES string of the molecule is C=C1NC(=O)C=CN1C1O[C@@]2(CCP(=C)(C)C)CO[C@@H]1[C@@H]2O.C=C1NC(=O)C=CN1C1O[C@H](CCP(=C)(C)C)[C@@H](O)[C@H]1Br.C=C1NC(=O)C=CN1C1O[C@H](CCP(=C)(C)C)[C@@H](O)[C@H]1Cl.C=C1NC(=O)C=CN1C1O[C@H](CCP(=C)(C)C)[C@@H](O)[C@H]1I.C=C1NC(=O)C=CN1C1O[C@H](CCP(=C)(C)C)[C@@H](O)[C@H]1I.C=C1NC(=O)C=CN1C1O[C@](C)(CCP(=C)(C)C)[C@@H](O)[C@H]1O. The van der Waals surface area contributed by atoms with Gasteiger partial charge in [0.05, 0.1) is 67.6 Å². The van der Waals surface area contributed by atoms with Crippen LogP contribution in [0.1, 0.15) is 45.4 Å². The van der Waals surface area contributed by atoms with Gasteiger partial charge in [-0.25, -0.2) is 0 Å². The van der Waals surface area contributed by atoms with Crippen LogP contribution in [-0.4, -0.2) is 402 Å². The largest absolute Gasteiger partial charge is 0.389 e. The molecule has 0 radical (unpaired) electrons. The number of aliphatic hydroxyl groups excluding tert-OH is 7. The Bertz CT molecular complexity index is 4270. The van der Waals surface area contributed by atoms with Crippen molar-refractivity contribution in [2.75, 3.05) is 124 Å². The average Bonchev–Trinajstić information content (AvgIpc) is 1.56. The van der Waals surface area contributed by atoms with E-state index in [0.29, 0.717) is 48.0 Å². The highest BCUT2D eigenvalue weighted by Gasteiger charge is 2.63. The monoisotopic (exact) mass is 2210 g/mol. The summed E-state index contributed by atoms with van der Waals surface area (Å²) >= 11 is 14.2. The van der Waals surface area contributed by atoms with Crippen LogP contribution in [0.4, 0.5) is 0 Å². The molecule has 13 heterocycles. The molecule has 7 fully saturated rings. The Morgan fingerprint density at radius 1 is 0.391 bits per heavy atom. The molecule has 13 aliphatic heterocycles. The van der Waals surface area contributed by atoms with E-state index in [-0.39, 0.29) is 91.2 Å². The molecule has 13 N–H and O–H groups in total. The number of fused-ring (bicyclic) bond motifs is 2. The van der Waals surface area contributed by atoms with Gasteiger partial charge in [0.1, 0.15) is 88.9 Å². The summed E-state index contributed by atoms with van der Waals surface area (Å²) in [6, 6.07) is 0. The first-order valence-corrected chi connectivity index (χ1v) is 63.9. The molecule has 0 aliphatic carbocycles. The normalized spacial score (nSPS) is 34.6. The molecule has 128 heavy (non-hydrogen) atoms. The summed E-state index contributed by atoms with van der Waals surface area (Å²) in [5.74, 6) is 1.23. The highest BCUT2D eigenvalue weighted by molar-refractivity contribution is 14.1. The summed E-state index contributed by atoms with van der Waals surface area (Å²) in [4.78, 5) is 77.6. The van der Waals surface area contributed by atoms with E-state index in [9.17, 15) is 64.5 Å². The van der Waals surface area contributed by atoms with Gasteiger partial charge >= 0.3 is 0 Å². The third kappa shape index (κ3) is 30.0. The van der Waals surface area contributed by atoms with Crippen LogP contribution < -0.4 is 31.9 Å². The number of amides is 6. The number of nitrogens with one attached hydrogen (secondary N) is 6. The van der Waals surface area contributed by atoms with Crippen molar-refractivity contribution in [1.82, 2.24) is 61.3 Å². The molecule has 13 rings (SSSR count). The van der Waals surface area contributed by atoms with Gasteiger partial charge in [0.25, 0.3) is 35.4 Å². The van der Waals surface area contributed by atoms with Crippen molar-refractivity contribution in [2.45, 2.75) is 185 Å². The Kier molecular flexibility index (Phi) is 38.3. The lowest BCUT2D eigenvalue weighted by atomic mass is 9.94. The van der Waals surface area contributed by atoms with Crippen molar-refractivity contribution in [3.63, 3.8) is 0 Å². The minimum Gasteiger partial charge on any atom is -0.389 e. The maximum absolute atomic E-state index is 11.3. The quantitative estimate of drug-likeness (QED) is 0.0298. The first-order chi connectivity index (χ1) is 59.0. The highest BCUT2D eigenvalue weighted by atomic mass is 127. The zero-order valence-electron chi connectivity index (χ0n) is 75.6. The molecule has 0 spiro atoms. The van der Waals surface area contributed by atoms with Crippen LogP contribution in [0.3, 0.4) is 0 Å². The van der Waals surface area contributed by atoms with E-state index >= 15 is 0 Å². The van der Waals surface area contributed by atoms with E-state index in [4.69, 9.17) is 44.8 Å². The van der Waals surface area contributed by atoms with Crippen LogP contribution in [0, 0.1) is 0 Å². The number of rotatable bonds is 24. The summed E-state index contributed by atoms with van der Waals surface area (Å²) in [6.07, 6.45) is 43.9. The second-order valence-corrected chi connectivity index (χ2v) is 68.5. The second kappa shape index (κ2) is 44.8. The van der Waals surface area contributed by atoms with E-state index in [2.05, 4.69) is 250 Å². The molecule has 6 amide bonds. The fraction of sp³-hybridized carbons (Fsp3) is 0.581. The fourth-order valence-electron chi connectivity index (χ4n) is 15.2. The molecule has 24 atom stereocenters. The lowest BCUT2D eigenvalue weighted by Crippen LogP contribution is -2.49. The number of halogens is 4. The van der Waals surface area contributed by atoms with Gasteiger partial charge in [-0.15, -0.1) is 90.7 Å². The van der Waals surface area contributed by atoms with Crippen LogP contribution in [-0.2, 0) is 61.9 Å². The zero-order chi connectivity index (χ0) is 96.0. The van der Waals surface area contributed by atoms with Gasteiger partial charge in [-0.1, -0.05) is 101 Å². The van der Waals surface area contributed by atoms with E-state index in [1.54, 1.807) is 62.4 Å². The summed E-state index contributed by atoms with van der Waals surface area (Å²) in [5, 5.41) is 87.8. The fourth-order valence-corrected chi connectivity index (χ4v) is 24.0. The maximum Gasteiger partial charge on any atom is 0.250 e. The summed E-state index contributed by atoms with van der Waals surface area (Å²) < 4.78 is 41.7. The van der Waals surface area contributed by atoms with Crippen LogP contribution in [0.5, 0.6) is 0 Å². The number of aliphatic hydroxyl groups is 7. The van der Waals surface area contributed by atoms with Crippen LogP contribution in [0.25, 0.3) is 0 Å². The average molecular weight is 2210 g/mol. The molecule has 0 aromatic carbocycles. The van der Waals surface area contributed by atoms with Gasteiger partial charge in [0.2, 0.25) is 0 Å². The molecule has 32 nitrogen and oxygen atoms in total. The number of ether oxygens (including phenoxy) is 7. The topological polar surface area (TPSA) is 400 Å². The first kappa shape index (κ1) is 109. The Morgan fingerprint density at radius 3 is 0.992 bits per heavy atom. The molecule has 42 heteroatoms. The number of hydrogen-bond acceptors (Lipinski definition) is 26. The Morgan fingerprint density at radius 2 is 0.664 bits per heavy atom. The van der Waals surface area contributed by atoms with Gasteiger partial charge in [0.15, 0.2) is 24.9 Å². The van der Waals surface area contributed by atoms with Gasteiger partial charge in [-0.3, -0.25) is 28.8 Å². The summed E-state index contributed by atoms with van der Waals surface area (Å²) in [7, 11) is 0. The standard InChI is InChI=1S/C15H23N2O4P.C15H25N2O4P.C14H22BrN2O3P.C14H22ClN2O3P.2C14H22IN2O3P/c1-10-16-11(18)5-7-17(10)14-12-13(19)15(21-14,9-20-12)6-8-22(2,3)4;1-10-16-11(18)6-8-17(10)14-12(19)13(20)15(2,21-14)7-9-22(3,4)5;4*1-9-16-11(18)5-7-17(9)14-12(15)13(19)10(20-14)6-8-21(2,3)4/h5,7,12-14,19H,1-2,6,8-9H2,3-4H3,(H,16,18);6,8,12-14,19-20H,1,3,7,9H2,2,4-5H3,(H,16,18);4*5,7,10,12-14,19H,1-2,6,8H2,3-4H3,(H,16,18)/t12-,13+,14?,15+;12-,13+,14?,15-;4*10-,12-,13-,14?/m111111/s1. The number of carbonyl (C=O) groups is 6. The molecule has 718 valence electrons. The van der Waals surface area contributed by atoms with Crippen molar-refractivity contribution < 1.29 is 97.7 Å². The lowest BCUT2D eigenvalue weighted by Gasteiger charge is -2.38. The smallest absolute Gasteiger partial charge is 0.250 e. The molecular formula is C86H136BrClI2N12O20P6.